The number of anilines is 1. The molecule has 35 heavy (non-hydrogen) atoms. The molecule has 2 amide bonds. The lowest BCUT2D eigenvalue weighted by atomic mass is 10.0. The molecule has 0 aliphatic carbocycles. The SMILES string of the molecule is CCNC(=O)Nc1cc(-c2nc(C(F)(F)F)cs2)c(-c2cc(-c3n[nH]c(=O)o3)cnc2OC)cn1. The Balaban J connectivity index is 1.89. The van der Waals surface area contributed by atoms with E-state index >= 15 is 0 Å². The van der Waals surface area contributed by atoms with Gasteiger partial charge < -0.3 is 14.5 Å². The van der Waals surface area contributed by atoms with Crippen LogP contribution in [0.1, 0.15) is 12.6 Å². The molecular formula is C20H16F3N7O4S. The molecular weight excluding hydrogens is 491 g/mol. The van der Waals surface area contributed by atoms with Crippen LogP contribution in [-0.2, 0) is 6.18 Å². The van der Waals surface area contributed by atoms with E-state index in [1.807, 2.05) is 0 Å². The van der Waals surface area contributed by atoms with E-state index in [1.54, 1.807) is 6.92 Å². The lowest BCUT2D eigenvalue weighted by molar-refractivity contribution is -0.140. The Morgan fingerprint density at radius 3 is 2.63 bits per heavy atom. The summed E-state index contributed by atoms with van der Waals surface area (Å²) in [7, 11) is 1.36. The van der Waals surface area contributed by atoms with Crippen molar-refractivity contribution < 1.29 is 27.1 Å². The summed E-state index contributed by atoms with van der Waals surface area (Å²) in [6.07, 6.45) is -1.94. The van der Waals surface area contributed by atoms with Crippen LogP contribution in [0.2, 0.25) is 0 Å². The second-order valence-corrected chi connectivity index (χ2v) is 7.69. The number of H-pyrrole nitrogens is 1. The minimum Gasteiger partial charge on any atom is -0.481 e. The molecule has 0 saturated carbocycles. The first-order valence-corrected chi connectivity index (χ1v) is 10.8. The maximum atomic E-state index is 13.2. The minimum atomic E-state index is -4.64. The van der Waals surface area contributed by atoms with Gasteiger partial charge in [-0.25, -0.2) is 29.6 Å². The number of carbonyl (C=O) groups is 1. The predicted octanol–water partition coefficient (Wildman–Crippen LogP) is 3.78. The molecule has 0 unspecified atom stereocenters. The van der Waals surface area contributed by atoms with Crippen LogP contribution in [0.25, 0.3) is 33.2 Å². The number of methoxy groups -OCH3 is 1. The van der Waals surface area contributed by atoms with Crippen LogP contribution in [0, 0.1) is 0 Å². The van der Waals surface area contributed by atoms with Gasteiger partial charge in [0.1, 0.15) is 10.8 Å². The molecule has 0 aliphatic heterocycles. The van der Waals surface area contributed by atoms with Crippen LogP contribution in [-0.4, -0.2) is 44.8 Å². The number of alkyl halides is 3. The minimum absolute atomic E-state index is 0.0208. The molecule has 4 heterocycles. The highest BCUT2D eigenvalue weighted by atomic mass is 32.1. The third-order valence-electron chi connectivity index (χ3n) is 4.53. The van der Waals surface area contributed by atoms with Gasteiger partial charge in [-0.1, -0.05) is 0 Å². The van der Waals surface area contributed by atoms with Crippen LogP contribution in [0.4, 0.5) is 23.8 Å². The van der Waals surface area contributed by atoms with Gasteiger partial charge in [-0.15, -0.1) is 16.4 Å². The van der Waals surface area contributed by atoms with Gasteiger partial charge in [0.05, 0.1) is 12.7 Å². The van der Waals surface area contributed by atoms with Crippen molar-refractivity contribution in [2.45, 2.75) is 13.1 Å². The molecule has 0 atom stereocenters. The Morgan fingerprint density at radius 1 is 1.20 bits per heavy atom. The molecule has 3 N–H and O–H groups in total. The maximum Gasteiger partial charge on any atom is 0.434 e. The number of halogens is 3. The third kappa shape index (κ3) is 5.13. The second-order valence-electron chi connectivity index (χ2n) is 6.83. The van der Waals surface area contributed by atoms with Crippen LogP contribution in [0.15, 0.2) is 39.1 Å². The van der Waals surface area contributed by atoms with E-state index in [0.717, 1.165) is 16.7 Å². The standard InChI is InChI=1S/C20H16F3N7O4S/c1-3-24-18(31)28-14-5-11(17-27-13(8-35-17)20(21,22)23)12(7-25-14)10-4-9(6-26-16(10)33-2)15-29-30-19(32)34-15/h4-8H,3H2,1-2H3,(H,30,32)(H2,24,25,28,31). The zero-order valence-electron chi connectivity index (χ0n) is 18.1. The monoisotopic (exact) mass is 507 g/mol. The number of amides is 2. The third-order valence-corrected chi connectivity index (χ3v) is 5.40. The van der Waals surface area contributed by atoms with Gasteiger partial charge in [-0.2, -0.15) is 13.2 Å². The molecule has 0 radical (unpaired) electrons. The van der Waals surface area contributed by atoms with E-state index in [4.69, 9.17) is 9.15 Å². The highest BCUT2D eigenvalue weighted by molar-refractivity contribution is 7.13. The predicted molar refractivity (Wildman–Crippen MR) is 119 cm³/mol. The van der Waals surface area contributed by atoms with Crippen molar-refractivity contribution in [1.29, 1.82) is 0 Å². The average Bonchev–Trinajstić information content (AvgIpc) is 3.48. The lowest BCUT2D eigenvalue weighted by Crippen LogP contribution is -2.28. The summed E-state index contributed by atoms with van der Waals surface area (Å²) >= 11 is 0.768. The van der Waals surface area contributed by atoms with Crippen molar-refractivity contribution in [2.75, 3.05) is 19.0 Å². The van der Waals surface area contributed by atoms with E-state index in [1.165, 1.54) is 31.6 Å². The molecule has 0 saturated heterocycles. The van der Waals surface area contributed by atoms with E-state index in [0.29, 0.717) is 23.2 Å². The Kier molecular flexibility index (Phi) is 6.50. The summed E-state index contributed by atoms with van der Waals surface area (Å²) in [5, 5.41) is 11.9. The molecule has 4 aromatic heterocycles. The van der Waals surface area contributed by atoms with E-state index in [9.17, 15) is 22.8 Å². The van der Waals surface area contributed by atoms with Crippen molar-refractivity contribution in [3.8, 4) is 39.0 Å². The van der Waals surface area contributed by atoms with Crippen molar-refractivity contribution in [3.05, 3.63) is 46.2 Å². The van der Waals surface area contributed by atoms with Gasteiger partial charge in [0, 0.05) is 41.0 Å². The molecule has 0 bridgehead atoms. The maximum absolute atomic E-state index is 13.2. The zero-order valence-corrected chi connectivity index (χ0v) is 18.9. The number of aromatic amines is 1. The first-order chi connectivity index (χ1) is 16.7. The fraction of sp³-hybridized carbons (Fsp3) is 0.200. The average molecular weight is 507 g/mol. The quantitative estimate of drug-likeness (QED) is 0.357. The van der Waals surface area contributed by atoms with Gasteiger partial charge >= 0.3 is 18.0 Å². The first-order valence-electron chi connectivity index (χ1n) is 9.88. The topological polar surface area (TPSA) is 148 Å². The van der Waals surface area contributed by atoms with Gasteiger partial charge in [0.25, 0.3) is 5.89 Å². The normalized spacial score (nSPS) is 11.3. The lowest BCUT2D eigenvalue weighted by Gasteiger charge is -2.13. The number of rotatable bonds is 6. The number of hydrogen-bond acceptors (Lipinski definition) is 9. The van der Waals surface area contributed by atoms with Gasteiger partial charge in [0.15, 0.2) is 5.69 Å². The molecule has 0 aliphatic rings. The first kappa shape index (κ1) is 23.9. The van der Waals surface area contributed by atoms with Crippen LogP contribution >= 0.6 is 11.3 Å². The van der Waals surface area contributed by atoms with Crippen LogP contribution < -0.4 is 21.1 Å². The number of carbonyl (C=O) groups excluding carboxylic acids is 1. The van der Waals surface area contributed by atoms with Crippen LogP contribution in [0.3, 0.4) is 0 Å². The fourth-order valence-electron chi connectivity index (χ4n) is 3.04. The largest absolute Gasteiger partial charge is 0.481 e. The number of nitrogens with one attached hydrogen (secondary N) is 3. The van der Waals surface area contributed by atoms with Crippen molar-refractivity contribution in [1.82, 2.24) is 30.5 Å². The highest BCUT2D eigenvalue weighted by Crippen LogP contribution is 2.41. The van der Waals surface area contributed by atoms with Gasteiger partial charge in [-0.3, -0.25) is 5.32 Å². The number of pyridine rings is 2. The molecule has 11 nitrogen and oxygen atoms in total. The number of hydrogen-bond donors (Lipinski definition) is 3. The number of thiazole rings is 1. The Morgan fingerprint density at radius 2 is 2.00 bits per heavy atom. The van der Waals surface area contributed by atoms with E-state index in [-0.39, 0.29) is 28.2 Å². The van der Waals surface area contributed by atoms with Crippen molar-refractivity contribution in [3.63, 3.8) is 0 Å². The molecule has 0 spiro atoms. The van der Waals surface area contributed by atoms with Crippen molar-refractivity contribution >= 4 is 23.2 Å². The zero-order chi connectivity index (χ0) is 25.2. The molecule has 182 valence electrons. The number of nitrogens with zero attached hydrogens (tertiary/aromatic N) is 4. The molecule has 4 aromatic rings. The fourth-order valence-corrected chi connectivity index (χ4v) is 3.90. The number of urea groups is 1. The Labute approximate surface area is 198 Å². The Bertz CT molecular complexity index is 1430. The van der Waals surface area contributed by atoms with E-state index in [2.05, 4.69) is 35.8 Å². The number of ether oxygens (including phenoxy) is 1. The molecule has 0 aromatic carbocycles. The number of aromatic nitrogens is 5. The van der Waals surface area contributed by atoms with Crippen LogP contribution in [0.5, 0.6) is 5.88 Å². The smallest absolute Gasteiger partial charge is 0.434 e. The summed E-state index contributed by atoms with van der Waals surface area (Å²) in [6.45, 7) is 2.08. The molecule has 4 rings (SSSR count). The van der Waals surface area contributed by atoms with E-state index < -0.39 is 23.7 Å². The molecule has 0 fully saturated rings. The highest BCUT2D eigenvalue weighted by Gasteiger charge is 2.34. The summed E-state index contributed by atoms with van der Waals surface area (Å²) < 4.78 is 50.0. The Hall–Kier alpha value is -4.27. The summed E-state index contributed by atoms with van der Waals surface area (Å²) in [5.74, 6) is -0.626. The summed E-state index contributed by atoms with van der Waals surface area (Å²) in [4.78, 5) is 35.4. The van der Waals surface area contributed by atoms with Gasteiger partial charge in [0.2, 0.25) is 5.88 Å². The summed E-state index contributed by atoms with van der Waals surface area (Å²) in [5.41, 5.74) is 0.0819. The van der Waals surface area contributed by atoms with Gasteiger partial charge in [-0.05, 0) is 19.1 Å². The van der Waals surface area contributed by atoms with Crippen molar-refractivity contribution in [2.24, 2.45) is 0 Å². The summed E-state index contributed by atoms with van der Waals surface area (Å²) in [6, 6.07) is 2.38. The second kappa shape index (κ2) is 9.54. The molecule has 15 heteroatoms.